The minimum absolute atomic E-state index is 0.0174. The molecule has 0 aliphatic heterocycles. The summed E-state index contributed by atoms with van der Waals surface area (Å²) in [5.74, 6) is -1.04. The number of aromatic nitrogens is 2. The van der Waals surface area contributed by atoms with E-state index >= 15 is 0 Å². The molecule has 3 aromatic rings. The molecule has 2 amide bonds. The second-order valence-electron chi connectivity index (χ2n) is 6.81. The van der Waals surface area contributed by atoms with Crippen molar-refractivity contribution in [3.63, 3.8) is 0 Å². The van der Waals surface area contributed by atoms with Gasteiger partial charge >= 0.3 is 0 Å². The maximum absolute atomic E-state index is 13.2. The molecule has 0 bridgehead atoms. The first-order valence-corrected chi connectivity index (χ1v) is 9.34. The van der Waals surface area contributed by atoms with Crippen molar-refractivity contribution in [2.75, 3.05) is 6.54 Å². The van der Waals surface area contributed by atoms with Crippen LogP contribution in [0.5, 0.6) is 0 Å². The van der Waals surface area contributed by atoms with Crippen LogP contribution in [0.1, 0.15) is 29.8 Å². The van der Waals surface area contributed by atoms with E-state index in [1.807, 2.05) is 48.9 Å². The van der Waals surface area contributed by atoms with E-state index in [1.165, 1.54) is 12.1 Å². The van der Waals surface area contributed by atoms with Gasteiger partial charge in [0.05, 0.1) is 30.9 Å². The van der Waals surface area contributed by atoms with Gasteiger partial charge in [0.1, 0.15) is 5.82 Å². The van der Waals surface area contributed by atoms with Crippen molar-refractivity contribution in [2.24, 2.45) is 0 Å². The summed E-state index contributed by atoms with van der Waals surface area (Å²) < 4.78 is 15.0. The highest BCUT2D eigenvalue weighted by atomic mass is 19.1. The Balaban J connectivity index is 1.53. The summed E-state index contributed by atoms with van der Waals surface area (Å²) in [6, 6.07) is 15.3. The van der Waals surface area contributed by atoms with E-state index in [0.29, 0.717) is 5.56 Å². The number of hydrogen-bond acceptors (Lipinski definition) is 3. The van der Waals surface area contributed by atoms with Gasteiger partial charge in [0.25, 0.3) is 0 Å². The normalized spacial score (nSPS) is 11.7. The molecule has 1 heterocycles. The Hall–Kier alpha value is -3.48. The van der Waals surface area contributed by atoms with Crippen molar-refractivity contribution in [2.45, 2.75) is 26.3 Å². The first-order chi connectivity index (χ1) is 13.9. The molecule has 0 aliphatic carbocycles. The van der Waals surface area contributed by atoms with Gasteiger partial charge in [0.2, 0.25) is 11.8 Å². The Morgan fingerprint density at radius 2 is 1.86 bits per heavy atom. The number of halogens is 1. The minimum atomic E-state index is -0.395. The van der Waals surface area contributed by atoms with Gasteiger partial charge < -0.3 is 10.6 Å². The van der Waals surface area contributed by atoms with Crippen LogP contribution in [0.4, 0.5) is 4.39 Å². The number of nitrogens with one attached hydrogen (secondary N) is 2. The molecule has 0 spiro atoms. The quantitative estimate of drug-likeness (QED) is 0.647. The predicted molar refractivity (Wildman–Crippen MR) is 108 cm³/mol. The maximum atomic E-state index is 13.2. The van der Waals surface area contributed by atoms with Crippen LogP contribution in [0.2, 0.25) is 0 Å². The zero-order valence-corrected chi connectivity index (χ0v) is 16.4. The standard InChI is InChI=1S/C22H23FN4O2/c1-15(20-13-25-27(16(20)2)19-9-4-3-5-10-19)26-22(29)14-24-21(28)12-17-7-6-8-18(23)11-17/h3-11,13,15H,12,14H2,1-2H3,(H,24,28)(H,26,29). The van der Waals surface area contributed by atoms with E-state index in [0.717, 1.165) is 16.9 Å². The third-order valence-corrected chi connectivity index (χ3v) is 4.59. The Labute approximate surface area is 168 Å². The summed E-state index contributed by atoms with van der Waals surface area (Å²) in [7, 11) is 0. The van der Waals surface area contributed by atoms with Crippen molar-refractivity contribution in [3.8, 4) is 5.69 Å². The zero-order chi connectivity index (χ0) is 20.8. The molecule has 150 valence electrons. The second-order valence-corrected chi connectivity index (χ2v) is 6.81. The molecule has 0 saturated carbocycles. The lowest BCUT2D eigenvalue weighted by Gasteiger charge is -2.14. The molecule has 2 aromatic carbocycles. The lowest BCUT2D eigenvalue weighted by Crippen LogP contribution is -2.38. The van der Waals surface area contributed by atoms with Gasteiger partial charge in [-0.15, -0.1) is 0 Å². The fourth-order valence-corrected chi connectivity index (χ4v) is 3.12. The third kappa shape index (κ3) is 5.28. The maximum Gasteiger partial charge on any atom is 0.239 e. The van der Waals surface area contributed by atoms with Gasteiger partial charge in [-0.2, -0.15) is 5.10 Å². The van der Waals surface area contributed by atoms with E-state index in [4.69, 9.17) is 0 Å². The van der Waals surface area contributed by atoms with Crippen molar-refractivity contribution in [1.82, 2.24) is 20.4 Å². The summed E-state index contributed by atoms with van der Waals surface area (Å²) in [6.07, 6.45) is 1.75. The molecule has 0 fully saturated rings. The van der Waals surface area contributed by atoms with Crippen molar-refractivity contribution >= 4 is 11.8 Å². The summed E-state index contributed by atoms with van der Waals surface area (Å²) in [6.45, 7) is 3.66. The molecule has 7 heteroatoms. The van der Waals surface area contributed by atoms with Crippen LogP contribution in [0.25, 0.3) is 5.69 Å². The SMILES string of the molecule is Cc1c(C(C)NC(=O)CNC(=O)Cc2cccc(F)c2)cnn1-c1ccccc1. The number of para-hydroxylation sites is 1. The van der Waals surface area contributed by atoms with Gasteiger partial charge in [-0.1, -0.05) is 30.3 Å². The van der Waals surface area contributed by atoms with Crippen LogP contribution in [0.15, 0.2) is 60.8 Å². The molecule has 3 rings (SSSR count). The first kappa shape index (κ1) is 20.3. The van der Waals surface area contributed by atoms with Crippen molar-refractivity contribution < 1.29 is 14.0 Å². The number of hydrogen-bond donors (Lipinski definition) is 2. The highest BCUT2D eigenvalue weighted by molar-refractivity contribution is 5.85. The van der Waals surface area contributed by atoms with Crippen LogP contribution in [0, 0.1) is 12.7 Å². The number of amides is 2. The Bertz CT molecular complexity index is 1000. The molecule has 1 atom stereocenters. The molecule has 0 aliphatic rings. The Kier molecular flexibility index (Phi) is 6.39. The number of rotatable bonds is 7. The number of nitrogens with zero attached hydrogens (tertiary/aromatic N) is 2. The van der Waals surface area contributed by atoms with Crippen LogP contribution in [0.3, 0.4) is 0 Å². The molecule has 29 heavy (non-hydrogen) atoms. The van der Waals surface area contributed by atoms with Gasteiger partial charge in [0.15, 0.2) is 0 Å². The lowest BCUT2D eigenvalue weighted by atomic mass is 10.1. The average Bonchev–Trinajstić information content (AvgIpc) is 3.08. The molecule has 2 N–H and O–H groups in total. The van der Waals surface area contributed by atoms with Crippen molar-refractivity contribution in [1.29, 1.82) is 0 Å². The molecule has 6 nitrogen and oxygen atoms in total. The predicted octanol–water partition coefficient (Wildman–Crippen LogP) is 2.86. The van der Waals surface area contributed by atoms with Gasteiger partial charge in [-0.3, -0.25) is 9.59 Å². The molecule has 1 aromatic heterocycles. The molecule has 1 unspecified atom stereocenters. The Morgan fingerprint density at radius 1 is 1.10 bits per heavy atom. The highest BCUT2D eigenvalue weighted by Gasteiger charge is 2.16. The number of benzene rings is 2. The van der Waals surface area contributed by atoms with Gasteiger partial charge in [0, 0.05) is 11.3 Å². The Morgan fingerprint density at radius 3 is 2.59 bits per heavy atom. The molecule has 0 saturated heterocycles. The van der Waals surface area contributed by atoms with Crippen LogP contribution in [-0.4, -0.2) is 28.1 Å². The van der Waals surface area contributed by atoms with E-state index in [1.54, 1.807) is 18.3 Å². The van der Waals surface area contributed by atoms with E-state index in [2.05, 4.69) is 15.7 Å². The summed E-state index contributed by atoms with van der Waals surface area (Å²) in [5.41, 5.74) is 3.33. The average molecular weight is 394 g/mol. The number of carbonyl (C=O) groups excluding carboxylic acids is 2. The monoisotopic (exact) mass is 394 g/mol. The molecule has 0 radical (unpaired) electrons. The zero-order valence-electron chi connectivity index (χ0n) is 16.4. The fraction of sp³-hybridized carbons (Fsp3) is 0.227. The van der Waals surface area contributed by atoms with Crippen LogP contribution < -0.4 is 10.6 Å². The van der Waals surface area contributed by atoms with E-state index in [9.17, 15) is 14.0 Å². The summed E-state index contributed by atoms with van der Waals surface area (Å²) >= 11 is 0. The van der Waals surface area contributed by atoms with Gasteiger partial charge in [-0.05, 0) is 43.7 Å². The lowest BCUT2D eigenvalue weighted by molar-refractivity contribution is -0.126. The smallest absolute Gasteiger partial charge is 0.239 e. The molecular formula is C22H23FN4O2. The topological polar surface area (TPSA) is 76.0 Å². The largest absolute Gasteiger partial charge is 0.348 e. The van der Waals surface area contributed by atoms with E-state index < -0.39 is 5.82 Å². The summed E-state index contributed by atoms with van der Waals surface area (Å²) in [4.78, 5) is 24.2. The molecular weight excluding hydrogens is 371 g/mol. The first-order valence-electron chi connectivity index (χ1n) is 9.34. The number of carbonyl (C=O) groups is 2. The minimum Gasteiger partial charge on any atom is -0.348 e. The van der Waals surface area contributed by atoms with Crippen LogP contribution in [-0.2, 0) is 16.0 Å². The second kappa shape index (κ2) is 9.14. The third-order valence-electron chi connectivity index (χ3n) is 4.59. The summed E-state index contributed by atoms with van der Waals surface area (Å²) in [5, 5.41) is 9.83. The van der Waals surface area contributed by atoms with Crippen LogP contribution >= 0.6 is 0 Å². The van der Waals surface area contributed by atoms with Crippen molar-refractivity contribution in [3.05, 3.63) is 83.4 Å². The fourth-order valence-electron chi connectivity index (χ4n) is 3.12. The van der Waals surface area contributed by atoms with E-state index in [-0.39, 0.29) is 30.8 Å². The van der Waals surface area contributed by atoms with Gasteiger partial charge in [-0.25, -0.2) is 9.07 Å². The highest BCUT2D eigenvalue weighted by Crippen LogP contribution is 2.19.